The van der Waals surface area contributed by atoms with Gasteiger partial charge in [0.1, 0.15) is 0 Å². The predicted octanol–water partition coefficient (Wildman–Crippen LogP) is 6.20. The molecule has 0 heteroatoms. The first-order chi connectivity index (χ1) is 9.18. The van der Waals surface area contributed by atoms with Crippen LogP contribution < -0.4 is 0 Å². The fourth-order valence-corrected chi connectivity index (χ4v) is 5.73. The van der Waals surface area contributed by atoms with Crippen molar-refractivity contribution in [3.05, 3.63) is 0 Å². The van der Waals surface area contributed by atoms with Gasteiger partial charge in [-0.15, -0.1) is 0 Å². The summed E-state index contributed by atoms with van der Waals surface area (Å²) in [5, 5.41) is 0. The van der Waals surface area contributed by atoms with Crippen LogP contribution in [0.15, 0.2) is 0 Å². The molecule has 0 nitrogen and oxygen atoms in total. The maximum Gasteiger partial charge on any atom is -0.0297 e. The van der Waals surface area contributed by atoms with Gasteiger partial charge in [0.25, 0.3) is 0 Å². The van der Waals surface area contributed by atoms with Gasteiger partial charge in [0.2, 0.25) is 0 Å². The average molecular weight is 262 g/mol. The second-order valence-corrected chi connectivity index (χ2v) is 8.47. The van der Waals surface area contributed by atoms with Gasteiger partial charge in [0.05, 0.1) is 0 Å². The van der Waals surface area contributed by atoms with Gasteiger partial charge in [-0.1, -0.05) is 58.8 Å². The van der Waals surface area contributed by atoms with Crippen LogP contribution in [-0.2, 0) is 0 Å². The van der Waals surface area contributed by atoms with Gasteiger partial charge < -0.3 is 0 Å². The molecular weight excluding hydrogens is 228 g/mol. The Morgan fingerprint density at radius 2 is 1.21 bits per heavy atom. The van der Waals surface area contributed by atoms with E-state index in [9.17, 15) is 0 Å². The summed E-state index contributed by atoms with van der Waals surface area (Å²) in [5.74, 6) is 4.30. The van der Waals surface area contributed by atoms with Crippen molar-refractivity contribution in [3.8, 4) is 0 Å². The molecule has 3 fully saturated rings. The lowest BCUT2D eigenvalue weighted by atomic mass is 9.56. The molecule has 0 radical (unpaired) electrons. The van der Waals surface area contributed by atoms with Crippen molar-refractivity contribution in [2.45, 2.75) is 90.9 Å². The SMILES string of the molecule is CC(C)(C1CCCCC1)C1CCC2CCCCC2C1. The molecule has 0 aromatic rings. The molecule has 3 rings (SSSR count). The van der Waals surface area contributed by atoms with Crippen LogP contribution in [0, 0.1) is 29.1 Å². The van der Waals surface area contributed by atoms with E-state index in [1.54, 1.807) is 32.1 Å². The van der Waals surface area contributed by atoms with Crippen LogP contribution in [0.2, 0.25) is 0 Å². The van der Waals surface area contributed by atoms with E-state index in [-0.39, 0.29) is 0 Å². The van der Waals surface area contributed by atoms with E-state index in [0.717, 1.165) is 23.7 Å². The lowest BCUT2D eigenvalue weighted by Gasteiger charge is -2.49. The topological polar surface area (TPSA) is 0 Å². The highest BCUT2D eigenvalue weighted by Crippen LogP contribution is 2.52. The summed E-state index contributed by atoms with van der Waals surface area (Å²) >= 11 is 0. The van der Waals surface area contributed by atoms with Gasteiger partial charge in [-0.3, -0.25) is 0 Å². The quantitative estimate of drug-likeness (QED) is 0.556. The third kappa shape index (κ3) is 2.88. The summed E-state index contributed by atoms with van der Waals surface area (Å²) in [5.41, 5.74) is 0.628. The first-order valence-electron chi connectivity index (χ1n) is 9.18. The maximum atomic E-state index is 2.62. The van der Waals surface area contributed by atoms with Crippen molar-refractivity contribution in [2.75, 3.05) is 0 Å². The van der Waals surface area contributed by atoms with Crippen molar-refractivity contribution >= 4 is 0 Å². The molecule has 3 unspecified atom stereocenters. The molecule has 3 atom stereocenters. The maximum absolute atomic E-state index is 2.62. The molecular formula is C19H34. The van der Waals surface area contributed by atoms with Crippen LogP contribution in [0.4, 0.5) is 0 Å². The van der Waals surface area contributed by atoms with Crippen LogP contribution in [0.3, 0.4) is 0 Å². The Bertz CT molecular complexity index is 284. The van der Waals surface area contributed by atoms with Crippen LogP contribution in [-0.4, -0.2) is 0 Å². The zero-order valence-electron chi connectivity index (χ0n) is 13.3. The highest BCUT2D eigenvalue weighted by Gasteiger charge is 2.42. The van der Waals surface area contributed by atoms with E-state index in [2.05, 4.69) is 13.8 Å². The molecule has 19 heavy (non-hydrogen) atoms. The number of rotatable bonds is 2. The van der Waals surface area contributed by atoms with Crippen LogP contribution in [0.1, 0.15) is 90.9 Å². The highest BCUT2D eigenvalue weighted by atomic mass is 14.5. The van der Waals surface area contributed by atoms with Gasteiger partial charge in [-0.25, -0.2) is 0 Å². The van der Waals surface area contributed by atoms with E-state index >= 15 is 0 Å². The first kappa shape index (κ1) is 14.0. The molecule has 0 amide bonds. The molecule has 0 heterocycles. The summed E-state index contributed by atoms with van der Waals surface area (Å²) in [6.45, 7) is 5.24. The molecule has 0 aromatic heterocycles. The molecule has 110 valence electrons. The molecule has 3 aliphatic rings. The minimum Gasteiger partial charge on any atom is -0.0594 e. The largest absolute Gasteiger partial charge is 0.0594 e. The van der Waals surface area contributed by atoms with Gasteiger partial charge in [-0.05, 0) is 61.2 Å². The van der Waals surface area contributed by atoms with Crippen molar-refractivity contribution in [1.82, 2.24) is 0 Å². The molecule has 3 aliphatic carbocycles. The van der Waals surface area contributed by atoms with Gasteiger partial charge >= 0.3 is 0 Å². The number of hydrogen-bond acceptors (Lipinski definition) is 0. The molecule has 0 saturated heterocycles. The zero-order chi connectivity index (χ0) is 13.3. The minimum absolute atomic E-state index is 0.628. The first-order valence-corrected chi connectivity index (χ1v) is 9.18. The number of hydrogen-bond donors (Lipinski definition) is 0. The van der Waals surface area contributed by atoms with Crippen molar-refractivity contribution in [3.63, 3.8) is 0 Å². The van der Waals surface area contributed by atoms with Crippen molar-refractivity contribution < 1.29 is 0 Å². The second kappa shape index (κ2) is 5.78. The van der Waals surface area contributed by atoms with Gasteiger partial charge in [-0.2, -0.15) is 0 Å². The smallest absolute Gasteiger partial charge is 0.0297 e. The fourth-order valence-electron chi connectivity index (χ4n) is 5.73. The van der Waals surface area contributed by atoms with Crippen molar-refractivity contribution in [1.29, 1.82) is 0 Å². The Balaban J connectivity index is 1.64. The van der Waals surface area contributed by atoms with Gasteiger partial charge in [0, 0.05) is 0 Å². The molecule has 0 spiro atoms. The Morgan fingerprint density at radius 3 is 1.95 bits per heavy atom. The van der Waals surface area contributed by atoms with Crippen LogP contribution in [0.5, 0.6) is 0 Å². The summed E-state index contributed by atoms with van der Waals surface area (Å²) in [6, 6.07) is 0. The van der Waals surface area contributed by atoms with Crippen LogP contribution in [0.25, 0.3) is 0 Å². The lowest BCUT2D eigenvalue weighted by molar-refractivity contribution is 0.0135. The standard InChI is InChI=1S/C19H34/c1-19(2,17-10-4-3-5-11-17)18-13-12-15-8-6-7-9-16(15)14-18/h15-18H,3-14H2,1-2H3. The third-order valence-corrected chi connectivity index (χ3v) is 7.25. The summed E-state index contributed by atoms with van der Waals surface area (Å²) in [4.78, 5) is 0. The van der Waals surface area contributed by atoms with Crippen molar-refractivity contribution in [2.24, 2.45) is 29.1 Å². The second-order valence-electron chi connectivity index (χ2n) is 8.47. The van der Waals surface area contributed by atoms with E-state index in [0.29, 0.717) is 5.41 Å². The molecule has 0 aromatic carbocycles. The summed E-state index contributed by atoms with van der Waals surface area (Å²) < 4.78 is 0. The van der Waals surface area contributed by atoms with E-state index < -0.39 is 0 Å². The van der Waals surface area contributed by atoms with Gasteiger partial charge in [0.15, 0.2) is 0 Å². The predicted molar refractivity (Wildman–Crippen MR) is 83.1 cm³/mol. The Labute approximate surface area is 120 Å². The van der Waals surface area contributed by atoms with E-state index in [1.165, 1.54) is 44.9 Å². The summed E-state index contributed by atoms with van der Waals surface area (Å²) in [7, 11) is 0. The zero-order valence-corrected chi connectivity index (χ0v) is 13.3. The highest BCUT2D eigenvalue weighted by molar-refractivity contribution is 4.92. The molecule has 0 aliphatic heterocycles. The minimum atomic E-state index is 0.628. The lowest BCUT2D eigenvalue weighted by Crippen LogP contribution is -2.39. The average Bonchev–Trinajstić information content (AvgIpc) is 2.47. The summed E-state index contributed by atoms with van der Waals surface area (Å²) in [6.07, 6.45) is 18.4. The molecule has 0 N–H and O–H groups in total. The van der Waals surface area contributed by atoms with Crippen LogP contribution >= 0.6 is 0 Å². The molecule has 0 bridgehead atoms. The number of fused-ring (bicyclic) bond motifs is 1. The Kier molecular flexibility index (Phi) is 4.25. The normalized spacial score (nSPS) is 37.9. The Morgan fingerprint density at radius 1 is 0.579 bits per heavy atom. The third-order valence-electron chi connectivity index (χ3n) is 7.25. The Hall–Kier alpha value is 0. The van der Waals surface area contributed by atoms with E-state index in [1.807, 2.05) is 0 Å². The van der Waals surface area contributed by atoms with E-state index in [4.69, 9.17) is 0 Å². The fraction of sp³-hybridized carbons (Fsp3) is 1.00. The monoisotopic (exact) mass is 262 g/mol. The molecule has 3 saturated carbocycles.